The fourth-order valence-corrected chi connectivity index (χ4v) is 3.04. The third kappa shape index (κ3) is 3.68. The monoisotopic (exact) mass is 395 g/mol. The standard InChI is InChI=1S/C16H8ClF2N3O3S/c17-8-1-4-14(22(24)25)11(5-8)15(23)21-16-20-13(7-26-16)10-3-2-9(18)6-12(10)19/h1-7H,(H,20,21,23). The van der Waals surface area contributed by atoms with Crippen molar-refractivity contribution in [1.82, 2.24) is 4.98 Å². The number of amides is 1. The first-order valence-corrected chi connectivity index (χ1v) is 8.27. The lowest BCUT2D eigenvalue weighted by molar-refractivity contribution is -0.385. The first-order valence-electron chi connectivity index (χ1n) is 7.01. The van der Waals surface area contributed by atoms with Gasteiger partial charge in [0.05, 0.1) is 10.6 Å². The number of nitro benzene ring substituents is 1. The largest absolute Gasteiger partial charge is 0.298 e. The van der Waals surface area contributed by atoms with Gasteiger partial charge in [-0.05, 0) is 24.3 Å². The molecule has 1 amide bonds. The van der Waals surface area contributed by atoms with E-state index in [4.69, 9.17) is 11.6 Å². The molecular weight excluding hydrogens is 388 g/mol. The number of rotatable bonds is 4. The summed E-state index contributed by atoms with van der Waals surface area (Å²) in [5.74, 6) is -2.29. The van der Waals surface area contributed by atoms with Crippen molar-refractivity contribution in [2.45, 2.75) is 0 Å². The molecule has 0 saturated carbocycles. The van der Waals surface area contributed by atoms with Crippen LogP contribution in [0.2, 0.25) is 5.02 Å². The van der Waals surface area contributed by atoms with E-state index in [1.165, 1.54) is 23.6 Å². The second kappa shape index (κ2) is 7.14. The van der Waals surface area contributed by atoms with Crippen LogP contribution >= 0.6 is 22.9 Å². The topological polar surface area (TPSA) is 85.1 Å². The lowest BCUT2D eigenvalue weighted by atomic mass is 10.1. The van der Waals surface area contributed by atoms with Gasteiger partial charge in [0.15, 0.2) is 5.13 Å². The fraction of sp³-hybridized carbons (Fsp3) is 0. The summed E-state index contributed by atoms with van der Waals surface area (Å²) in [6.07, 6.45) is 0. The predicted octanol–water partition coefficient (Wildman–Crippen LogP) is 4.90. The van der Waals surface area contributed by atoms with Crippen molar-refractivity contribution in [1.29, 1.82) is 0 Å². The second-order valence-corrected chi connectivity index (χ2v) is 6.33. The molecule has 0 aliphatic rings. The zero-order chi connectivity index (χ0) is 18.8. The number of nitrogens with one attached hydrogen (secondary N) is 1. The highest BCUT2D eigenvalue weighted by molar-refractivity contribution is 7.14. The molecule has 0 radical (unpaired) electrons. The van der Waals surface area contributed by atoms with Crippen LogP contribution in [0.5, 0.6) is 0 Å². The first kappa shape index (κ1) is 17.9. The highest BCUT2D eigenvalue weighted by Gasteiger charge is 2.21. The highest BCUT2D eigenvalue weighted by Crippen LogP contribution is 2.29. The Hall–Kier alpha value is -2.91. The lowest BCUT2D eigenvalue weighted by Crippen LogP contribution is -2.13. The maximum absolute atomic E-state index is 13.8. The molecule has 26 heavy (non-hydrogen) atoms. The normalized spacial score (nSPS) is 10.6. The molecule has 1 N–H and O–H groups in total. The molecule has 0 spiro atoms. The molecule has 2 aromatic carbocycles. The van der Waals surface area contributed by atoms with Gasteiger partial charge >= 0.3 is 0 Å². The van der Waals surface area contributed by atoms with Crippen LogP contribution in [-0.2, 0) is 0 Å². The van der Waals surface area contributed by atoms with E-state index >= 15 is 0 Å². The Morgan fingerprint density at radius 1 is 1.23 bits per heavy atom. The van der Waals surface area contributed by atoms with Crippen molar-refractivity contribution >= 4 is 39.7 Å². The summed E-state index contributed by atoms with van der Waals surface area (Å²) in [7, 11) is 0. The molecule has 0 saturated heterocycles. The minimum Gasteiger partial charge on any atom is -0.298 e. The van der Waals surface area contributed by atoms with E-state index in [1.807, 2.05) is 0 Å². The van der Waals surface area contributed by atoms with Gasteiger partial charge in [0, 0.05) is 28.1 Å². The van der Waals surface area contributed by atoms with Crippen molar-refractivity contribution in [3.8, 4) is 11.3 Å². The van der Waals surface area contributed by atoms with E-state index in [0.29, 0.717) is 0 Å². The molecule has 6 nitrogen and oxygen atoms in total. The van der Waals surface area contributed by atoms with Crippen molar-refractivity contribution in [3.63, 3.8) is 0 Å². The van der Waals surface area contributed by atoms with Gasteiger partial charge in [-0.15, -0.1) is 11.3 Å². The van der Waals surface area contributed by atoms with Gasteiger partial charge in [0.25, 0.3) is 11.6 Å². The Morgan fingerprint density at radius 2 is 2.00 bits per heavy atom. The van der Waals surface area contributed by atoms with Crippen LogP contribution in [0.15, 0.2) is 41.8 Å². The molecular formula is C16H8ClF2N3O3S. The number of nitrogens with zero attached hydrogens (tertiary/aromatic N) is 2. The van der Waals surface area contributed by atoms with Gasteiger partial charge < -0.3 is 0 Å². The first-order chi connectivity index (χ1) is 12.3. The third-order valence-corrected chi connectivity index (χ3v) is 4.32. The van der Waals surface area contributed by atoms with Crippen LogP contribution < -0.4 is 5.32 Å². The highest BCUT2D eigenvalue weighted by atomic mass is 35.5. The van der Waals surface area contributed by atoms with Gasteiger partial charge in [0.2, 0.25) is 0 Å². The Morgan fingerprint density at radius 3 is 2.69 bits per heavy atom. The van der Waals surface area contributed by atoms with Crippen LogP contribution in [-0.4, -0.2) is 15.8 Å². The molecule has 0 aliphatic heterocycles. The van der Waals surface area contributed by atoms with Crippen LogP contribution in [0.1, 0.15) is 10.4 Å². The molecule has 132 valence electrons. The molecule has 3 aromatic rings. The zero-order valence-corrected chi connectivity index (χ0v) is 14.3. The van der Waals surface area contributed by atoms with Gasteiger partial charge in [-0.25, -0.2) is 13.8 Å². The summed E-state index contributed by atoms with van der Waals surface area (Å²) in [5.41, 5.74) is -0.374. The number of hydrogen-bond acceptors (Lipinski definition) is 5. The van der Waals surface area contributed by atoms with E-state index < -0.39 is 28.2 Å². The number of hydrogen-bond donors (Lipinski definition) is 1. The number of benzene rings is 2. The summed E-state index contributed by atoms with van der Waals surface area (Å²) in [6.45, 7) is 0. The van der Waals surface area contributed by atoms with Gasteiger partial charge in [0.1, 0.15) is 17.2 Å². The summed E-state index contributed by atoms with van der Waals surface area (Å²) in [5, 5.41) is 15.2. The van der Waals surface area contributed by atoms with Crippen molar-refractivity contribution in [2.75, 3.05) is 5.32 Å². The summed E-state index contributed by atoms with van der Waals surface area (Å²) >= 11 is 6.79. The number of carbonyl (C=O) groups excluding carboxylic acids is 1. The second-order valence-electron chi connectivity index (χ2n) is 5.03. The van der Waals surface area contributed by atoms with E-state index in [1.54, 1.807) is 0 Å². The molecule has 0 atom stereocenters. The maximum atomic E-state index is 13.8. The minimum absolute atomic E-state index is 0.0666. The Balaban J connectivity index is 1.87. The number of nitro groups is 1. The average Bonchev–Trinajstić information content (AvgIpc) is 3.02. The van der Waals surface area contributed by atoms with Crippen LogP contribution in [0, 0.1) is 21.7 Å². The van der Waals surface area contributed by atoms with E-state index in [-0.39, 0.29) is 27.0 Å². The van der Waals surface area contributed by atoms with Crippen LogP contribution in [0.4, 0.5) is 19.6 Å². The number of anilines is 1. The van der Waals surface area contributed by atoms with Crippen LogP contribution in [0.3, 0.4) is 0 Å². The Kier molecular flexibility index (Phi) is 4.92. The molecule has 0 fully saturated rings. The van der Waals surface area contributed by atoms with E-state index in [9.17, 15) is 23.7 Å². The SMILES string of the molecule is O=C(Nc1nc(-c2ccc(F)cc2F)cs1)c1cc(Cl)ccc1[N+](=O)[O-]. The third-order valence-electron chi connectivity index (χ3n) is 3.33. The molecule has 10 heteroatoms. The maximum Gasteiger partial charge on any atom is 0.282 e. The van der Waals surface area contributed by atoms with Crippen molar-refractivity contribution < 1.29 is 18.5 Å². The zero-order valence-electron chi connectivity index (χ0n) is 12.7. The summed E-state index contributed by atoms with van der Waals surface area (Å²) in [6, 6.07) is 6.64. The summed E-state index contributed by atoms with van der Waals surface area (Å²) < 4.78 is 26.8. The van der Waals surface area contributed by atoms with Gasteiger partial charge in [-0.2, -0.15) is 0 Å². The van der Waals surface area contributed by atoms with Crippen molar-refractivity contribution in [3.05, 3.63) is 74.1 Å². The summed E-state index contributed by atoms with van der Waals surface area (Å²) in [4.78, 5) is 26.7. The number of halogens is 3. The predicted molar refractivity (Wildman–Crippen MR) is 93.5 cm³/mol. The number of carbonyl (C=O) groups is 1. The van der Waals surface area contributed by atoms with E-state index in [2.05, 4.69) is 10.3 Å². The molecule has 3 rings (SSSR count). The molecule has 0 bridgehead atoms. The molecule has 0 aliphatic carbocycles. The smallest absolute Gasteiger partial charge is 0.282 e. The molecule has 1 heterocycles. The van der Waals surface area contributed by atoms with Crippen LogP contribution in [0.25, 0.3) is 11.3 Å². The Bertz CT molecular complexity index is 1030. The Labute approximate surface area is 154 Å². The van der Waals surface area contributed by atoms with Gasteiger partial charge in [-0.3, -0.25) is 20.2 Å². The fourth-order valence-electron chi connectivity index (χ4n) is 2.17. The quantitative estimate of drug-likeness (QED) is 0.502. The minimum atomic E-state index is -0.793. The van der Waals surface area contributed by atoms with Gasteiger partial charge in [-0.1, -0.05) is 11.6 Å². The molecule has 1 aromatic heterocycles. The van der Waals surface area contributed by atoms with Crippen molar-refractivity contribution in [2.24, 2.45) is 0 Å². The van der Waals surface area contributed by atoms with E-state index in [0.717, 1.165) is 29.5 Å². The number of thiazole rings is 1. The lowest BCUT2D eigenvalue weighted by Gasteiger charge is -2.04. The number of aromatic nitrogens is 1. The average molecular weight is 396 g/mol. The molecule has 0 unspecified atom stereocenters.